The second kappa shape index (κ2) is 36.2. The first-order valence-corrected chi connectivity index (χ1v) is 27.9. The van der Waals surface area contributed by atoms with Crippen LogP contribution in [-0.2, 0) is 33.2 Å². The van der Waals surface area contributed by atoms with Crippen molar-refractivity contribution in [3.05, 3.63) is 70.3 Å². The van der Waals surface area contributed by atoms with E-state index in [1.807, 2.05) is 65.0 Å². The molecule has 7 aliphatic rings. The van der Waals surface area contributed by atoms with Crippen LogP contribution < -0.4 is 45.0 Å². The summed E-state index contributed by atoms with van der Waals surface area (Å²) in [4.78, 5) is 98.4. The van der Waals surface area contributed by atoms with Crippen LogP contribution in [0.25, 0.3) is 0 Å². The Kier molecular flexibility index (Phi) is 30.5. The average molecular weight is 1190 g/mol. The van der Waals surface area contributed by atoms with Gasteiger partial charge in [0.2, 0.25) is 0 Å². The molecule has 0 saturated carbocycles. The number of cyclic esters (lactones) is 7. The summed E-state index contributed by atoms with van der Waals surface area (Å²) < 4.78 is 34.7. The van der Waals surface area contributed by atoms with Crippen LogP contribution >= 0.6 is 0 Å². The summed E-state index contributed by atoms with van der Waals surface area (Å²) in [5.41, 5.74) is 39.1. The van der Waals surface area contributed by atoms with Crippen LogP contribution in [0.2, 0.25) is 0 Å². The number of nitrogens with two attached hydrogens (primary N) is 7. The average Bonchev–Trinajstić information content (AvgIpc) is 4.44. The molecule has 84 heavy (non-hydrogen) atoms. The summed E-state index contributed by atoms with van der Waals surface area (Å²) >= 11 is 0. The summed E-state index contributed by atoms with van der Waals surface area (Å²) in [6.45, 7) is 18.4. The molecular formula is C53H89N15O16. The van der Waals surface area contributed by atoms with Gasteiger partial charge in [0, 0.05) is 83.8 Å². The van der Waals surface area contributed by atoms with E-state index in [1.54, 1.807) is 38.6 Å². The van der Waals surface area contributed by atoms with Crippen molar-refractivity contribution in [1.82, 2.24) is 29.4 Å². The van der Waals surface area contributed by atoms with E-state index >= 15 is 0 Å². The molecule has 8 atom stereocenters. The molecule has 7 amide bonds. The molecule has 7 aliphatic heterocycles. The molecular weight excluding hydrogens is 1100 g/mol. The van der Waals surface area contributed by atoms with Gasteiger partial charge in [0.25, 0.3) is 5.69 Å². The first kappa shape index (κ1) is 70.7. The van der Waals surface area contributed by atoms with Crippen LogP contribution in [0.15, 0.2) is 54.6 Å². The van der Waals surface area contributed by atoms with Gasteiger partial charge < -0.3 is 97.8 Å². The number of hydrogen-bond donors (Lipinski definition) is 7. The minimum atomic E-state index is -0.491. The van der Waals surface area contributed by atoms with Gasteiger partial charge in [-0.1, -0.05) is 30.3 Å². The van der Waals surface area contributed by atoms with E-state index in [-0.39, 0.29) is 104 Å². The van der Waals surface area contributed by atoms with Gasteiger partial charge in [-0.2, -0.15) is 0 Å². The van der Waals surface area contributed by atoms with Crippen LogP contribution in [0.3, 0.4) is 0 Å². The zero-order valence-corrected chi connectivity index (χ0v) is 49.3. The molecule has 0 radical (unpaired) electrons. The Hall–Kier alpha value is -7.55. The maximum atomic E-state index is 11.6. The fourth-order valence-electron chi connectivity index (χ4n) is 8.47. The van der Waals surface area contributed by atoms with E-state index in [2.05, 4.69) is 0 Å². The molecule has 31 heteroatoms. The molecule has 2 aromatic rings. The van der Waals surface area contributed by atoms with Crippen molar-refractivity contribution < 1.29 is 71.6 Å². The number of anilines is 1. The molecule has 7 heterocycles. The number of rotatable bonds is 16. The van der Waals surface area contributed by atoms with E-state index in [1.165, 1.54) is 34.1 Å². The van der Waals surface area contributed by atoms with Crippen molar-refractivity contribution in [2.24, 2.45) is 40.1 Å². The summed E-state index contributed by atoms with van der Waals surface area (Å²) in [6, 6.07) is 15.9. The molecule has 31 nitrogen and oxygen atoms in total. The molecule has 472 valence electrons. The number of amides is 7. The first-order chi connectivity index (χ1) is 40.0. The van der Waals surface area contributed by atoms with Crippen molar-refractivity contribution >= 4 is 54.0 Å². The number of nitrogens with zero attached hydrogens (tertiary/aromatic N) is 8. The highest BCUT2D eigenvalue weighted by Gasteiger charge is 2.36. The van der Waals surface area contributed by atoms with Crippen LogP contribution in [0.5, 0.6) is 0 Å². The van der Waals surface area contributed by atoms with Crippen LogP contribution in [0, 0.1) is 10.1 Å². The first-order valence-electron chi connectivity index (χ1n) is 27.9. The Balaban J connectivity index is 0.000000260. The Labute approximate surface area is 490 Å². The third-order valence-corrected chi connectivity index (χ3v) is 13.5. The molecule has 0 aromatic heterocycles. The third-order valence-electron chi connectivity index (χ3n) is 13.5. The number of carbonyl (C=O) groups excluding carboxylic acids is 7. The molecule has 0 aliphatic carbocycles. The topological polar surface area (TPSA) is 432 Å². The van der Waals surface area contributed by atoms with Gasteiger partial charge in [-0.25, -0.2) is 33.6 Å². The lowest BCUT2D eigenvalue weighted by Gasteiger charge is -2.22. The molecule has 9 rings (SSSR count). The van der Waals surface area contributed by atoms with Crippen LogP contribution in [0.4, 0.5) is 44.9 Å². The highest BCUT2D eigenvalue weighted by molar-refractivity contribution is 5.89. The fraction of sp³-hybridized carbons (Fsp3) is 0.642. The Morgan fingerprint density at radius 1 is 0.476 bits per heavy atom. The number of benzene rings is 2. The molecule has 6 unspecified atom stereocenters. The number of nitro benzene ring substituents is 1. The lowest BCUT2D eigenvalue weighted by Crippen LogP contribution is -2.33. The largest absolute Gasteiger partial charge is 0.444 e. The zero-order chi connectivity index (χ0) is 62.6. The molecule has 2 aromatic carbocycles. The smallest absolute Gasteiger partial charge is 0.414 e. The maximum Gasteiger partial charge on any atom is 0.414 e. The van der Waals surface area contributed by atoms with Gasteiger partial charge in [0.15, 0.2) is 0 Å². The predicted molar refractivity (Wildman–Crippen MR) is 308 cm³/mol. The molecule has 7 saturated heterocycles. The minimum absolute atomic E-state index is 0.0162. The fourth-order valence-corrected chi connectivity index (χ4v) is 8.47. The van der Waals surface area contributed by atoms with Gasteiger partial charge >= 0.3 is 42.7 Å². The summed E-state index contributed by atoms with van der Waals surface area (Å²) in [5.74, 6) is 0. The number of carbonyl (C=O) groups is 7. The van der Waals surface area contributed by atoms with E-state index in [4.69, 9.17) is 73.3 Å². The number of non-ortho nitro benzene ring substituents is 1. The van der Waals surface area contributed by atoms with Crippen molar-refractivity contribution in [2.75, 3.05) is 124 Å². The van der Waals surface area contributed by atoms with Gasteiger partial charge in [-0.3, -0.25) is 19.9 Å². The highest BCUT2D eigenvalue weighted by Crippen LogP contribution is 2.26. The van der Waals surface area contributed by atoms with E-state index < -0.39 is 11.0 Å². The molecule has 7 fully saturated rings. The minimum Gasteiger partial charge on any atom is -0.444 e. The lowest BCUT2D eigenvalue weighted by molar-refractivity contribution is -0.384. The number of ether oxygens (including phenoxy) is 7. The zero-order valence-electron chi connectivity index (χ0n) is 49.3. The van der Waals surface area contributed by atoms with Crippen LogP contribution in [-0.4, -0.2) is 245 Å². The monoisotopic (exact) mass is 1190 g/mol. The van der Waals surface area contributed by atoms with Gasteiger partial charge in [0.1, 0.15) is 42.7 Å². The predicted octanol–water partition coefficient (Wildman–Crippen LogP) is 1.72. The molecule has 0 spiro atoms. The molecule has 0 bridgehead atoms. The van der Waals surface area contributed by atoms with Crippen molar-refractivity contribution in [3.8, 4) is 0 Å². The normalized spacial score (nSPS) is 23.3. The number of hydrogen-bond acceptors (Lipinski definition) is 23. The van der Waals surface area contributed by atoms with Crippen molar-refractivity contribution in [1.29, 1.82) is 0 Å². The second-order valence-electron chi connectivity index (χ2n) is 20.1. The summed E-state index contributed by atoms with van der Waals surface area (Å²) in [5, 5.41) is 10.5. The lowest BCUT2D eigenvalue weighted by atomic mass is 10.1. The standard InChI is InChI=1S/C12H16N2O2.C10H11N3O4.2C7H14N2O2.2C6H12N2O2.C5H10N2O2/c1-9(10-5-3-2-4-6-10)14-8-11(7-13)16-12(14)15;11-5-9-6-12(10(14)17-9)7-1-3-8(4-2-7)13(15)16;1-5(2)9-4-6(3-8)11-7(9)10;1-2-9-5-6(3-4-8)11-7(9)10;1-8-4-5(2-3-7)10-6(8)9;1-2-8-4-5(3-7)10-6(8)9;1-7-3-4(2-6)9-5(7)8/h2-6,9,11H,7-8,13H2,1H3;1-4,9H,5-6,11H2;5-6H,3-4,8H2,1-2H3;6H,2-5,8H2,1H3;2*5H,2-4,7H2,1H3;4H,2-3,6H2,1H3/t9-,11+;;;;;;/m1....../s1. The van der Waals surface area contributed by atoms with E-state index in [0.717, 1.165) is 24.9 Å². The third kappa shape index (κ3) is 22.2. The van der Waals surface area contributed by atoms with Gasteiger partial charge in [0.05, 0.1) is 56.8 Å². The summed E-state index contributed by atoms with van der Waals surface area (Å²) in [6.07, 6.45) is -1.16. The summed E-state index contributed by atoms with van der Waals surface area (Å²) in [7, 11) is 3.41. The van der Waals surface area contributed by atoms with E-state index in [0.29, 0.717) is 97.3 Å². The quantitative estimate of drug-likeness (QED) is 0.0714. The Bertz CT molecular complexity index is 2380. The number of nitro groups is 1. The van der Waals surface area contributed by atoms with Crippen molar-refractivity contribution in [2.45, 2.75) is 102 Å². The van der Waals surface area contributed by atoms with Gasteiger partial charge in [-0.05, 0) is 78.2 Å². The Morgan fingerprint density at radius 2 is 0.845 bits per heavy atom. The number of likely N-dealkylation sites (N-methyl/N-ethyl adjacent to an activating group) is 4. The van der Waals surface area contributed by atoms with E-state index in [9.17, 15) is 43.7 Å². The highest BCUT2D eigenvalue weighted by atomic mass is 16.6. The Morgan fingerprint density at radius 3 is 1.20 bits per heavy atom. The maximum absolute atomic E-state index is 11.6. The van der Waals surface area contributed by atoms with Crippen molar-refractivity contribution in [3.63, 3.8) is 0 Å². The SMILES string of the molecule is CC(C)N1CC(CN)OC1=O.CCN1CC(CCN)OC1=O.CCN1CC(CN)OC1=O.CN1CC(CCN)OC1=O.CN1CC(CN)OC1=O.C[C@H](c1ccccc1)N1C[C@H](CN)OC1=O.NCC1CN(c2ccc([N+](=O)[O-])cc2)C(=O)O1. The van der Waals surface area contributed by atoms with Gasteiger partial charge in [-0.15, -0.1) is 0 Å². The molecule has 14 N–H and O–H groups in total. The van der Waals surface area contributed by atoms with Crippen LogP contribution in [0.1, 0.15) is 59.1 Å². The second-order valence-corrected chi connectivity index (χ2v) is 20.1.